The maximum Gasteiger partial charge on any atom is 0.123 e. The fourth-order valence-corrected chi connectivity index (χ4v) is 4.01. The number of hydrogen-bond acceptors (Lipinski definition) is 3. The van der Waals surface area contributed by atoms with Gasteiger partial charge in [0.15, 0.2) is 0 Å². The molecule has 0 spiro atoms. The van der Waals surface area contributed by atoms with E-state index in [4.69, 9.17) is 0 Å². The molecule has 4 heteroatoms. The van der Waals surface area contributed by atoms with Gasteiger partial charge in [-0.3, -0.25) is 0 Å². The molecule has 0 unspecified atom stereocenters. The molecule has 2 heterocycles. The molecule has 1 aromatic carbocycles. The fraction of sp³-hybridized carbons (Fsp3) is 0.333. The molecule has 0 saturated heterocycles. The van der Waals surface area contributed by atoms with Crippen LogP contribution in [-0.2, 0) is 17.8 Å². The Morgan fingerprint density at radius 2 is 1.74 bits per heavy atom. The minimum Gasteiger partial charge on any atom is -0.172 e. The Hall–Kier alpha value is -1.26. The monoisotopic (exact) mass is 288 g/mol. The lowest BCUT2D eigenvalue weighted by Crippen LogP contribution is -1.85. The highest BCUT2D eigenvalue weighted by atomic mass is 32.1. The Kier molecular flexibility index (Phi) is 3.37. The second-order valence-corrected chi connectivity index (χ2v) is 6.58. The molecular weight excluding hydrogens is 272 g/mol. The number of hydrogen-bond donors (Lipinski definition) is 0. The van der Waals surface area contributed by atoms with Crippen LogP contribution >= 0.6 is 11.3 Å². The highest BCUT2D eigenvalue weighted by Crippen LogP contribution is 2.49. The summed E-state index contributed by atoms with van der Waals surface area (Å²) < 4.78 is 8.88. The predicted molar refractivity (Wildman–Crippen MR) is 84.8 cm³/mol. The highest BCUT2D eigenvalue weighted by molar-refractivity contribution is 7.58. The van der Waals surface area contributed by atoms with E-state index < -0.39 is 0 Å². The quantitative estimate of drug-likeness (QED) is 0.579. The maximum atomic E-state index is 4.46. The third-order valence-electron chi connectivity index (χ3n) is 3.35. The van der Waals surface area contributed by atoms with Crippen molar-refractivity contribution in [1.82, 2.24) is 0 Å². The first-order chi connectivity index (χ1) is 9.20. The van der Waals surface area contributed by atoms with E-state index in [9.17, 15) is 0 Å². The lowest BCUT2D eigenvalue weighted by atomic mass is 10.0. The van der Waals surface area contributed by atoms with Gasteiger partial charge in [-0.15, -0.1) is 11.3 Å². The Labute approximate surface area is 121 Å². The molecule has 0 N–H and O–H groups in total. The van der Waals surface area contributed by atoms with Gasteiger partial charge in [0.05, 0.1) is 16.2 Å². The summed E-state index contributed by atoms with van der Waals surface area (Å²) in [6.07, 6.45) is 1.02. The smallest absolute Gasteiger partial charge is 0.123 e. The first kappa shape index (κ1) is 12.8. The van der Waals surface area contributed by atoms with E-state index in [-0.39, 0.29) is 0 Å². The summed E-state index contributed by atoms with van der Waals surface area (Å²) in [6.45, 7) is 6.62. The van der Waals surface area contributed by atoms with Crippen molar-refractivity contribution >= 4 is 34.1 Å². The van der Waals surface area contributed by atoms with Crippen molar-refractivity contribution in [2.75, 3.05) is 0 Å². The standard InChI is InChI=1S/C15H16N2S2/c1-4-12-13-14(17-19-16-13)15(18-12)11-7-5-10(6-8-11)9(2)3/h5-9H,4H2,1-3H3. The summed E-state index contributed by atoms with van der Waals surface area (Å²) in [4.78, 5) is 2.60. The van der Waals surface area contributed by atoms with Crippen LogP contribution < -0.4 is 0 Å². The molecule has 3 rings (SSSR count). The van der Waals surface area contributed by atoms with Gasteiger partial charge in [-0.25, -0.2) is 0 Å². The van der Waals surface area contributed by atoms with Crippen LogP contribution in [0.4, 0.5) is 11.4 Å². The van der Waals surface area contributed by atoms with E-state index >= 15 is 0 Å². The van der Waals surface area contributed by atoms with E-state index in [1.54, 1.807) is 0 Å². The van der Waals surface area contributed by atoms with Crippen LogP contribution in [0.15, 0.2) is 33.0 Å². The molecule has 98 valence electrons. The molecule has 2 aromatic rings. The van der Waals surface area contributed by atoms with E-state index in [0.29, 0.717) is 5.92 Å². The molecule has 0 bridgehead atoms. The summed E-state index contributed by atoms with van der Waals surface area (Å²) in [5, 5.41) is 0. The summed E-state index contributed by atoms with van der Waals surface area (Å²) in [7, 11) is 0. The number of aryl methyl sites for hydroxylation is 1. The second kappa shape index (κ2) is 5.02. The number of fused-ring (bicyclic) bond motifs is 1. The zero-order chi connectivity index (χ0) is 13.4. The van der Waals surface area contributed by atoms with Crippen LogP contribution in [0.1, 0.15) is 37.1 Å². The van der Waals surface area contributed by atoms with Gasteiger partial charge < -0.3 is 0 Å². The summed E-state index contributed by atoms with van der Waals surface area (Å²) in [6, 6.07) is 8.85. The van der Waals surface area contributed by atoms with Crippen molar-refractivity contribution < 1.29 is 0 Å². The molecule has 19 heavy (non-hydrogen) atoms. The number of benzene rings is 1. The minimum atomic E-state index is 0.574. The van der Waals surface area contributed by atoms with Crippen molar-refractivity contribution in [1.29, 1.82) is 0 Å². The Balaban J connectivity index is 2.06. The molecular formula is C15H16N2S2. The molecule has 0 atom stereocenters. The van der Waals surface area contributed by atoms with Crippen LogP contribution in [0.2, 0.25) is 0 Å². The van der Waals surface area contributed by atoms with Crippen LogP contribution in [0.3, 0.4) is 0 Å². The van der Waals surface area contributed by atoms with Crippen LogP contribution in [0, 0.1) is 0 Å². The average molecular weight is 288 g/mol. The lowest BCUT2D eigenvalue weighted by Gasteiger charge is -2.06. The normalized spacial score (nSPS) is 12.8. The SMILES string of the molecule is CCc1sc(-c2ccc(C(C)C)cc2)c2c1N=S=N2. The predicted octanol–water partition coefficient (Wildman–Crippen LogP) is 5.83. The van der Waals surface area contributed by atoms with Gasteiger partial charge in [0.1, 0.15) is 11.4 Å². The van der Waals surface area contributed by atoms with Gasteiger partial charge in [-0.1, -0.05) is 45.0 Å². The number of nitrogens with zero attached hydrogens (tertiary/aromatic N) is 2. The number of thiophene rings is 1. The van der Waals surface area contributed by atoms with Gasteiger partial charge in [0, 0.05) is 4.88 Å². The largest absolute Gasteiger partial charge is 0.172 e. The fourth-order valence-electron chi connectivity index (χ4n) is 2.20. The molecule has 0 saturated carbocycles. The van der Waals surface area contributed by atoms with Crippen molar-refractivity contribution in [3.63, 3.8) is 0 Å². The minimum absolute atomic E-state index is 0.574. The van der Waals surface area contributed by atoms with Gasteiger partial charge in [-0.05, 0) is 23.5 Å². The third-order valence-corrected chi connectivity index (χ3v) is 5.24. The van der Waals surface area contributed by atoms with E-state index in [0.717, 1.165) is 17.8 Å². The summed E-state index contributed by atoms with van der Waals surface area (Å²) in [5.41, 5.74) is 4.81. The highest BCUT2D eigenvalue weighted by Gasteiger charge is 2.20. The van der Waals surface area contributed by atoms with Gasteiger partial charge in [-0.2, -0.15) is 8.73 Å². The van der Waals surface area contributed by atoms with Gasteiger partial charge >= 0.3 is 0 Å². The Morgan fingerprint density at radius 3 is 2.37 bits per heavy atom. The zero-order valence-corrected chi connectivity index (χ0v) is 12.9. The maximum absolute atomic E-state index is 4.46. The molecule has 0 amide bonds. The summed E-state index contributed by atoms with van der Waals surface area (Å²) in [5.74, 6) is 0.574. The second-order valence-electron chi connectivity index (χ2n) is 4.95. The molecule has 0 radical (unpaired) electrons. The topological polar surface area (TPSA) is 24.7 Å². The Morgan fingerprint density at radius 1 is 1.05 bits per heavy atom. The third kappa shape index (κ3) is 2.19. The zero-order valence-electron chi connectivity index (χ0n) is 11.3. The first-order valence-electron chi connectivity index (χ1n) is 6.55. The van der Waals surface area contributed by atoms with Gasteiger partial charge in [0.2, 0.25) is 0 Å². The average Bonchev–Trinajstić information content (AvgIpc) is 3.00. The molecule has 1 aliphatic rings. The van der Waals surface area contributed by atoms with Crippen molar-refractivity contribution in [3.05, 3.63) is 34.7 Å². The lowest BCUT2D eigenvalue weighted by molar-refractivity contribution is 0.867. The molecule has 0 fully saturated rings. The van der Waals surface area contributed by atoms with Crippen LogP contribution in [-0.4, -0.2) is 0 Å². The molecule has 2 nitrogen and oxygen atoms in total. The van der Waals surface area contributed by atoms with Gasteiger partial charge in [0.25, 0.3) is 0 Å². The Bertz CT molecular complexity index is 675. The summed E-state index contributed by atoms with van der Waals surface area (Å²) >= 11 is 3.14. The number of rotatable bonds is 3. The van der Waals surface area contributed by atoms with Crippen molar-refractivity contribution in [3.8, 4) is 10.4 Å². The van der Waals surface area contributed by atoms with E-state index in [2.05, 4.69) is 53.8 Å². The van der Waals surface area contributed by atoms with Crippen LogP contribution in [0.5, 0.6) is 0 Å². The molecule has 0 aliphatic carbocycles. The van der Waals surface area contributed by atoms with E-state index in [1.165, 1.54) is 32.2 Å². The molecule has 1 aliphatic heterocycles. The molecule has 1 aromatic heterocycles. The van der Waals surface area contributed by atoms with Crippen LogP contribution in [0.25, 0.3) is 10.4 Å². The van der Waals surface area contributed by atoms with Crippen molar-refractivity contribution in [2.24, 2.45) is 8.73 Å². The first-order valence-corrected chi connectivity index (χ1v) is 8.09. The van der Waals surface area contributed by atoms with Crippen molar-refractivity contribution in [2.45, 2.75) is 33.1 Å². The van der Waals surface area contributed by atoms with E-state index in [1.807, 2.05) is 11.3 Å².